The van der Waals surface area contributed by atoms with E-state index < -0.39 is 41.8 Å². The molecule has 0 aromatic rings. The molecule has 1 amide bonds. The van der Waals surface area contributed by atoms with Crippen LogP contribution in [0.25, 0.3) is 0 Å². The fourth-order valence-electron chi connectivity index (χ4n) is 1.86. The molecule has 0 aliphatic carbocycles. The zero-order valence-corrected chi connectivity index (χ0v) is 15.8. The fraction of sp³-hybridized carbons (Fsp3) is 0.765. The van der Waals surface area contributed by atoms with E-state index in [1.54, 1.807) is 34.6 Å². The SMILES string of the molecule is COC(=O)CCC(C)C(=O)N[C@H](C(=O)OC(=O)[C@@H](N)C(C)C)C(C)C. The van der Waals surface area contributed by atoms with Crippen molar-refractivity contribution in [2.45, 2.75) is 59.5 Å². The number of methoxy groups -OCH3 is 1. The monoisotopic (exact) mass is 358 g/mol. The number of nitrogens with two attached hydrogens (primary N) is 1. The maximum absolute atomic E-state index is 12.2. The van der Waals surface area contributed by atoms with E-state index in [0.717, 1.165) is 0 Å². The molecule has 8 nitrogen and oxygen atoms in total. The Morgan fingerprint density at radius 3 is 1.96 bits per heavy atom. The van der Waals surface area contributed by atoms with Crippen molar-refractivity contribution in [3.05, 3.63) is 0 Å². The molecule has 0 aromatic carbocycles. The van der Waals surface area contributed by atoms with E-state index in [4.69, 9.17) is 10.5 Å². The lowest BCUT2D eigenvalue weighted by molar-refractivity contribution is -0.164. The summed E-state index contributed by atoms with van der Waals surface area (Å²) in [5, 5.41) is 2.57. The maximum Gasteiger partial charge on any atom is 0.336 e. The molecular weight excluding hydrogens is 328 g/mol. The lowest BCUT2D eigenvalue weighted by Crippen LogP contribution is -2.49. The van der Waals surface area contributed by atoms with Crippen molar-refractivity contribution in [2.24, 2.45) is 23.5 Å². The second kappa shape index (κ2) is 10.8. The quantitative estimate of drug-likeness (QED) is 0.460. The summed E-state index contributed by atoms with van der Waals surface area (Å²) in [6.07, 6.45) is 0.388. The van der Waals surface area contributed by atoms with Gasteiger partial charge in [0.1, 0.15) is 12.1 Å². The van der Waals surface area contributed by atoms with Crippen LogP contribution in [0.1, 0.15) is 47.5 Å². The third-order valence-corrected chi connectivity index (χ3v) is 3.87. The van der Waals surface area contributed by atoms with Crippen molar-refractivity contribution in [1.82, 2.24) is 5.32 Å². The van der Waals surface area contributed by atoms with Gasteiger partial charge in [-0.2, -0.15) is 0 Å². The van der Waals surface area contributed by atoms with E-state index in [9.17, 15) is 19.2 Å². The minimum absolute atomic E-state index is 0.101. The number of esters is 3. The molecule has 144 valence electrons. The molecule has 0 saturated heterocycles. The summed E-state index contributed by atoms with van der Waals surface area (Å²) < 4.78 is 9.33. The van der Waals surface area contributed by atoms with E-state index in [2.05, 4.69) is 10.1 Å². The topological polar surface area (TPSA) is 125 Å². The van der Waals surface area contributed by atoms with Crippen LogP contribution in [-0.2, 0) is 28.7 Å². The average Bonchev–Trinajstić information content (AvgIpc) is 2.55. The zero-order valence-electron chi connectivity index (χ0n) is 15.8. The van der Waals surface area contributed by atoms with Gasteiger partial charge in [-0.25, -0.2) is 9.59 Å². The van der Waals surface area contributed by atoms with Gasteiger partial charge in [0.15, 0.2) is 0 Å². The first-order valence-electron chi connectivity index (χ1n) is 8.39. The summed E-state index contributed by atoms with van der Waals surface area (Å²) in [6, 6.07) is -1.89. The number of ether oxygens (including phenoxy) is 2. The highest BCUT2D eigenvalue weighted by atomic mass is 16.6. The third-order valence-electron chi connectivity index (χ3n) is 3.87. The van der Waals surface area contributed by atoms with E-state index in [1.807, 2.05) is 0 Å². The summed E-state index contributed by atoms with van der Waals surface area (Å²) in [4.78, 5) is 47.4. The van der Waals surface area contributed by atoms with E-state index in [1.165, 1.54) is 7.11 Å². The molecule has 0 aliphatic rings. The number of nitrogens with one attached hydrogen (secondary N) is 1. The van der Waals surface area contributed by atoms with Crippen molar-refractivity contribution in [3.8, 4) is 0 Å². The van der Waals surface area contributed by atoms with Crippen LogP contribution >= 0.6 is 0 Å². The Balaban J connectivity index is 4.78. The summed E-state index contributed by atoms with van der Waals surface area (Å²) in [7, 11) is 1.27. The highest BCUT2D eigenvalue weighted by Crippen LogP contribution is 2.11. The van der Waals surface area contributed by atoms with Gasteiger partial charge in [0.2, 0.25) is 5.91 Å². The normalized spacial score (nSPS) is 14.6. The molecule has 0 aliphatic heterocycles. The lowest BCUT2D eigenvalue weighted by Gasteiger charge is -2.23. The van der Waals surface area contributed by atoms with Gasteiger partial charge in [-0.1, -0.05) is 34.6 Å². The Kier molecular flexibility index (Phi) is 9.96. The summed E-state index contributed by atoms with van der Waals surface area (Å²) in [6.45, 7) is 8.55. The van der Waals surface area contributed by atoms with Crippen LogP contribution in [0.2, 0.25) is 0 Å². The molecule has 0 fully saturated rings. The van der Waals surface area contributed by atoms with Crippen molar-refractivity contribution >= 4 is 23.8 Å². The molecule has 0 rings (SSSR count). The smallest absolute Gasteiger partial charge is 0.336 e. The Hall–Kier alpha value is -1.96. The molecule has 0 heterocycles. The summed E-state index contributed by atoms with van der Waals surface area (Å²) in [5.74, 6) is -3.43. The summed E-state index contributed by atoms with van der Waals surface area (Å²) in [5.41, 5.74) is 5.66. The van der Waals surface area contributed by atoms with Crippen LogP contribution in [-0.4, -0.2) is 43.0 Å². The molecular formula is C17H30N2O6. The second-order valence-electron chi connectivity index (χ2n) is 6.76. The van der Waals surface area contributed by atoms with Crippen LogP contribution in [0.3, 0.4) is 0 Å². The van der Waals surface area contributed by atoms with Crippen LogP contribution in [0.5, 0.6) is 0 Å². The van der Waals surface area contributed by atoms with Crippen molar-refractivity contribution < 1.29 is 28.7 Å². The Morgan fingerprint density at radius 2 is 1.52 bits per heavy atom. The van der Waals surface area contributed by atoms with Crippen molar-refractivity contribution in [2.75, 3.05) is 7.11 Å². The van der Waals surface area contributed by atoms with Crippen LogP contribution < -0.4 is 11.1 Å². The molecule has 0 aromatic heterocycles. The molecule has 0 bridgehead atoms. The van der Waals surface area contributed by atoms with E-state index in [0.29, 0.717) is 0 Å². The maximum atomic E-state index is 12.2. The molecule has 0 spiro atoms. The van der Waals surface area contributed by atoms with Crippen LogP contribution in [0.4, 0.5) is 0 Å². The third kappa shape index (κ3) is 8.11. The van der Waals surface area contributed by atoms with Gasteiger partial charge >= 0.3 is 17.9 Å². The highest BCUT2D eigenvalue weighted by Gasteiger charge is 2.31. The van der Waals surface area contributed by atoms with Gasteiger partial charge in [-0.3, -0.25) is 9.59 Å². The van der Waals surface area contributed by atoms with Gasteiger partial charge in [-0.05, 0) is 18.3 Å². The highest BCUT2D eigenvalue weighted by molar-refractivity contribution is 5.93. The lowest BCUT2D eigenvalue weighted by atomic mass is 10.0. The number of hydrogen-bond acceptors (Lipinski definition) is 7. The molecule has 3 N–H and O–H groups in total. The number of carbonyl (C=O) groups excluding carboxylic acids is 4. The minimum atomic E-state index is -0.976. The molecule has 3 atom stereocenters. The first-order chi connectivity index (χ1) is 11.5. The molecule has 0 radical (unpaired) electrons. The first kappa shape index (κ1) is 23.0. The number of amides is 1. The Labute approximate surface area is 148 Å². The molecule has 8 heteroatoms. The fourth-order valence-corrected chi connectivity index (χ4v) is 1.86. The second-order valence-corrected chi connectivity index (χ2v) is 6.76. The number of hydrogen-bond donors (Lipinski definition) is 2. The van der Waals surface area contributed by atoms with Gasteiger partial charge in [0.25, 0.3) is 0 Å². The first-order valence-corrected chi connectivity index (χ1v) is 8.39. The largest absolute Gasteiger partial charge is 0.469 e. The predicted octanol–water partition coefficient (Wildman–Crippen LogP) is 0.770. The summed E-state index contributed by atoms with van der Waals surface area (Å²) >= 11 is 0. The van der Waals surface area contributed by atoms with Gasteiger partial charge < -0.3 is 20.5 Å². The van der Waals surface area contributed by atoms with Crippen molar-refractivity contribution in [1.29, 1.82) is 0 Å². The zero-order chi connectivity index (χ0) is 19.7. The van der Waals surface area contributed by atoms with Gasteiger partial charge in [0.05, 0.1) is 7.11 Å². The van der Waals surface area contributed by atoms with Gasteiger partial charge in [-0.15, -0.1) is 0 Å². The standard InChI is InChI=1S/C17H30N2O6/c1-9(2)13(18)16(22)25-17(23)14(10(3)4)19-15(21)11(5)7-8-12(20)24-6/h9-11,13-14H,7-8,18H2,1-6H3,(H,19,21)/t11?,13-,14-/m0/s1. The Morgan fingerprint density at radius 1 is 0.960 bits per heavy atom. The molecule has 25 heavy (non-hydrogen) atoms. The van der Waals surface area contributed by atoms with E-state index >= 15 is 0 Å². The molecule has 0 saturated carbocycles. The Bertz CT molecular complexity index is 490. The predicted molar refractivity (Wildman–Crippen MR) is 91.1 cm³/mol. The average molecular weight is 358 g/mol. The molecule has 1 unspecified atom stereocenters. The van der Waals surface area contributed by atoms with Gasteiger partial charge in [0, 0.05) is 12.3 Å². The minimum Gasteiger partial charge on any atom is -0.469 e. The number of rotatable bonds is 9. The number of carbonyl (C=O) groups is 4. The van der Waals surface area contributed by atoms with Crippen LogP contribution in [0.15, 0.2) is 0 Å². The van der Waals surface area contributed by atoms with Crippen molar-refractivity contribution in [3.63, 3.8) is 0 Å². The van der Waals surface area contributed by atoms with E-state index in [-0.39, 0.29) is 24.7 Å². The van der Waals surface area contributed by atoms with Crippen LogP contribution in [0, 0.1) is 17.8 Å².